The van der Waals surface area contributed by atoms with Crippen LogP contribution in [-0.4, -0.2) is 14.9 Å². The van der Waals surface area contributed by atoms with Gasteiger partial charge in [-0.25, -0.2) is 4.39 Å². The van der Waals surface area contributed by atoms with E-state index in [2.05, 4.69) is 0 Å². The Hall–Kier alpha value is -2.92. The number of hydrogen-bond acceptors (Lipinski definition) is 2. The van der Waals surface area contributed by atoms with Crippen LogP contribution in [0.3, 0.4) is 0 Å². The number of Topliss-reactive ketones (excluding diaryl/α,β-unsaturated/α-hetero) is 1. The van der Waals surface area contributed by atoms with Crippen LogP contribution in [0.5, 0.6) is 0 Å². The first-order valence-corrected chi connectivity index (χ1v) is 8.76. The molecule has 0 aliphatic heterocycles. The lowest BCUT2D eigenvalue weighted by Crippen LogP contribution is -2.20. The molecule has 2 aromatic heterocycles. The quantitative estimate of drug-likeness (QED) is 0.472. The van der Waals surface area contributed by atoms with E-state index >= 15 is 0 Å². The van der Waals surface area contributed by atoms with Gasteiger partial charge in [0.1, 0.15) is 11.5 Å². The Morgan fingerprint density at radius 3 is 2.37 bits per heavy atom. The predicted octanol–water partition coefficient (Wildman–Crippen LogP) is 4.69. The highest BCUT2D eigenvalue weighted by molar-refractivity contribution is 6.30. The van der Waals surface area contributed by atoms with Crippen LogP contribution in [0.2, 0.25) is 5.02 Å². The molecule has 0 fully saturated rings. The first kappa shape index (κ1) is 17.5. The highest BCUT2D eigenvalue weighted by atomic mass is 35.5. The summed E-state index contributed by atoms with van der Waals surface area (Å²) in [6.45, 7) is 1.51. The first-order valence-electron chi connectivity index (χ1n) is 8.38. The summed E-state index contributed by atoms with van der Waals surface area (Å²) < 4.78 is 17.9. The largest absolute Gasteiger partial charge is 0.330 e. The van der Waals surface area contributed by atoms with Crippen LogP contribution in [0, 0.1) is 5.82 Å². The number of aromatic nitrogens is 2. The summed E-state index contributed by atoms with van der Waals surface area (Å²) in [6.07, 6.45) is 0. The average molecular weight is 383 g/mol. The molecule has 0 radical (unpaired) electrons. The molecule has 2 aromatic carbocycles. The average Bonchev–Trinajstić information content (AvgIpc) is 2.90. The molecule has 0 atom stereocenters. The molecule has 0 saturated heterocycles. The number of halogens is 2. The van der Waals surface area contributed by atoms with Gasteiger partial charge in [-0.3, -0.25) is 14.2 Å². The second kappa shape index (κ2) is 6.06. The Labute approximate surface area is 159 Å². The number of nitrogens with zero attached hydrogens (tertiary/aromatic N) is 2. The number of hydrogen-bond donors (Lipinski definition) is 0. The van der Waals surface area contributed by atoms with E-state index < -0.39 is 5.82 Å². The van der Waals surface area contributed by atoms with Crippen LogP contribution in [0.4, 0.5) is 4.39 Å². The van der Waals surface area contributed by atoms with E-state index in [9.17, 15) is 14.0 Å². The molecule has 27 heavy (non-hydrogen) atoms. The number of aryl methyl sites for hydroxylation is 2. The van der Waals surface area contributed by atoms with Gasteiger partial charge in [0.05, 0.1) is 11.1 Å². The molecule has 0 saturated carbocycles. The standard InChI is InChI=1S/C21H16ClFN2O2/c1-11(26)12-4-7-19-15(8-12)16-10-17(14-6-5-13(22)9-18(14)23)21(27)25(3)20(16)24(19)2/h4-10H,1-3H3. The van der Waals surface area contributed by atoms with E-state index in [0.29, 0.717) is 11.2 Å². The van der Waals surface area contributed by atoms with Gasteiger partial charge in [-0.15, -0.1) is 0 Å². The zero-order valence-electron chi connectivity index (χ0n) is 15.0. The molecule has 0 unspecified atom stereocenters. The summed E-state index contributed by atoms with van der Waals surface area (Å²) in [4.78, 5) is 24.7. The Balaban J connectivity index is 2.15. The second-order valence-corrected chi connectivity index (χ2v) is 7.07. The fourth-order valence-electron chi connectivity index (χ4n) is 3.61. The summed E-state index contributed by atoms with van der Waals surface area (Å²) in [5.74, 6) is -0.591. The van der Waals surface area contributed by atoms with Gasteiger partial charge in [0.2, 0.25) is 0 Å². The normalized spacial score (nSPS) is 11.4. The van der Waals surface area contributed by atoms with Gasteiger partial charge in [-0.05, 0) is 49.4 Å². The SMILES string of the molecule is CC(=O)c1ccc2c(c1)c1cc(-c3ccc(Cl)cc3F)c(=O)n(C)c1n2C. The van der Waals surface area contributed by atoms with Crippen LogP contribution in [0.25, 0.3) is 33.1 Å². The van der Waals surface area contributed by atoms with Gasteiger partial charge in [-0.2, -0.15) is 0 Å². The molecular formula is C21H16ClFN2O2. The smallest absolute Gasteiger partial charge is 0.259 e. The molecular weight excluding hydrogens is 367 g/mol. The Kier molecular flexibility index (Phi) is 3.93. The van der Waals surface area contributed by atoms with Gasteiger partial charge >= 0.3 is 0 Å². The Morgan fingerprint density at radius 1 is 0.963 bits per heavy atom. The number of ketones is 1. The molecule has 0 aliphatic carbocycles. The van der Waals surface area contributed by atoms with Crippen molar-refractivity contribution in [2.75, 3.05) is 0 Å². The van der Waals surface area contributed by atoms with Gasteiger partial charge < -0.3 is 4.57 Å². The lowest BCUT2D eigenvalue weighted by atomic mass is 10.0. The molecule has 4 rings (SSSR count). The molecule has 2 heterocycles. The third kappa shape index (κ3) is 2.58. The van der Waals surface area contributed by atoms with Crippen molar-refractivity contribution >= 4 is 39.3 Å². The minimum atomic E-state index is -0.552. The zero-order chi connectivity index (χ0) is 19.5. The summed E-state index contributed by atoms with van der Waals surface area (Å²) in [6, 6.07) is 11.4. The number of benzene rings is 2. The van der Waals surface area contributed by atoms with E-state index in [1.807, 2.05) is 23.7 Å². The van der Waals surface area contributed by atoms with Gasteiger partial charge in [0.15, 0.2) is 5.78 Å². The number of carbonyl (C=O) groups is 1. The third-order valence-corrected chi connectivity index (χ3v) is 5.21. The zero-order valence-corrected chi connectivity index (χ0v) is 15.8. The van der Waals surface area contributed by atoms with Crippen molar-refractivity contribution in [3.8, 4) is 11.1 Å². The van der Waals surface area contributed by atoms with Gasteiger partial charge in [-0.1, -0.05) is 11.6 Å². The molecule has 0 amide bonds. The predicted molar refractivity (Wildman–Crippen MR) is 106 cm³/mol. The summed E-state index contributed by atoms with van der Waals surface area (Å²) in [5.41, 5.74) is 2.32. The first-order chi connectivity index (χ1) is 12.8. The molecule has 6 heteroatoms. The second-order valence-electron chi connectivity index (χ2n) is 6.63. The highest BCUT2D eigenvalue weighted by Crippen LogP contribution is 2.32. The highest BCUT2D eigenvalue weighted by Gasteiger charge is 2.18. The Morgan fingerprint density at radius 2 is 1.70 bits per heavy atom. The summed E-state index contributed by atoms with van der Waals surface area (Å²) >= 11 is 5.84. The number of rotatable bonds is 2. The maximum absolute atomic E-state index is 14.5. The number of carbonyl (C=O) groups excluding carboxylic acids is 1. The molecule has 0 N–H and O–H groups in total. The monoisotopic (exact) mass is 382 g/mol. The van der Waals surface area contributed by atoms with Crippen LogP contribution < -0.4 is 5.56 Å². The molecule has 4 nitrogen and oxygen atoms in total. The summed E-state index contributed by atoms with van der Waals surface area (Å²) in [5, 5.41) is 1.89. The van der Waals surface area contributed by atoms with E-state index in [-0.39, 0.29) is 27.5 Å². The van der Waals surface area contributed by atoms with Crippen molar-refractivity contribution < 1.29 is 9.18 Å². The van der Waals surface area contributed by atoms with Crippen molar-refractivity contribution in [3.05, 3.63) is 69.2 Å². The lowest BCUT2D eigenvalue weighted by Gasteiger charge is -2.09. The van der Waals surface area contributed by atoms with Crippen LogP contribution in [0.15, 0.2) is 47.3 Å². The molecule has 0 bridgehead atoms. The van der Waals surface area contributed by atoms with Crippen molar-refractivity contribution in [1.29, 1.82) is 0 Å². The molecule has 0 aliphatic rings. The van der Waals surface area contributed by atoms with Crippen LogP contribution in [-0.2, 0) is 14.1 Å². The van der Waals surface area contributed by atoms with Gasteiger partial charge in [0, 0.05) is 41.0 Å². The lowest BCUT2D eigenvalue weighted by molar-refractivity contribution is 0.101. The van der Waals surface area contributed by atoms with E-state index in [4.69, 9.17) is 11.6 Å². The minimum Gasteiger partial charge on any atom is -0.330 e. The molecule has 4 aromatic rings. The Bertz CT molecular complexity index is 1320. The van der Waals surface area contributed by atoms with E-state index in [0.717, 1.165) is 16.3 Å². The van der Waals surface area contributed by atoms with Crippen molar-refractivity contribution in [1.82, 2.24) is 9.13 Å². The van der Waals surface area contributed by atoms with Gasteiger partial charge in [0.25, 0.3) is 5.56 Å². The fourth-order valence-corrected chi connectivity index (χ4v) is 3.77. The third-order valence-electron chi connectivity index (χ3n) is 4.98. The molecule has 0 spiro atoms. The van der Waals surface area contributed by atoms with Crippen LogP contribution in [0.1, 0.15) is 17.3 Å². The minimum absolute atomic E-state index is 0.0392. The fraction of sp³-hybridized carbons (Fsp3) is 0.143. The van der Waals surface area contributed by atoms with Crippen molar-refractivity contribution in [2.24, 2.45) is 14.1 Å². The van der Waals surface area contributed by atoms with E-state index in [1.54, 1.807) is 25.2 Å². The topological polar surface area (TPSA) is 44.0 Å². The van der Waals surface area contributed by atoms with E-state index in [1.165, 1.54) is 23.6 Å². The van der Waals surface area contributed by atoms with Crippen molar-refractivity contribution in [2.45, 2.75) is 6.92 Å². The molecule has 136 valence electrons. The summed E-state index contributed by atoms with van der Waals surface area (Å²) in [7, 11) is 3.52. The maximum atomic E-state index is 14.5. The van der Waals surface area contributed by atoms with Crippen molar-refractivity contribution in [3.63, 3.8) is 0 Å². The number of pyridine rings is 1. The number of fused-ring (bicyclic) bond motifs is 3. The maximum Gasteiger partial charge on any atom is 0.259 e. The van der Waals surface area contributed by atoms with Crippen LogP contribution >= 0.6 is 11.6 Å².